The van der Waals surface area contributed by atoms with Crippen molar-refractivity contribution in [2.45, 2.75) is 36.2 Å². The number of carbonyl (C=O) groups is 1. The number of benzene rings is 1. The van der Waals surface area contributed by atoms with Gasteiger partial charge in [-0.15, -0.1) is 0 Å². The van der Waals surface area contributed by atoms with Crippen LogP contribution in [0, 0.1) is 0 Å². The van der Waals surface area contributed by atoms with Crippen molar-refractivity contribution in [3.63, 3.8) is 0 Å². The molecule has 2 amide bonds. The quantitative estimate of drug-likeness (QED) is 0.746. The van der Waals surface area contributed by atoms with Crippen LogP contribution in [0.2, 0.25) is 0 Å². The highest BCUT2D eigenvalue weighted by molar-refractivity contribution is 7.86. The summed E-state index contributed by atoms with van der Waals surface area (Å²) in [6.07, 6.45) is 1.16. The maximum absolute atomic E-state index is 12.3. The Morgan fingerprint density at radius 3 is 2.41 bits per heavy atom. The summed E-state index contributed by atoms with van der Waals surface area (Å²) >= 11 is 0. The Labute approximate surface area is 128 Å². The van der Waals surface area contributed by atoms with E-state index in [0.717, 1.165) is 12.1 Å². The van der Waals surface area contributed by atoms with E-state index in [4.69, 9.17) is 5.11 Å². The van der Waals surface area contributed by atoms with Gasteiger partial charge >= 0.3 is 11.5 Å². The van der Waals surface area contributed by atoms with Gasteiger partial charge in [0.1, 0.15) is 0 Å². The summed E-state index contributed by atoms with van der Waals surface area (Å²) in [6, 6.07) is 3.94. The molecule has 5 nitrogen and oxygen atoms in total. The summed E-state index contributed by atoms with van der Waals surface area (Å²) in [5.74, 6) is 0. The van der Waals surface area contributed by atoms with Crippen molar-refractivity contribution in [1.82, 2.24) is 5.32 Å². The third-order valence-corrected chi connectivity index (χ3v) is 3.83. The highest BCUT2D eigenvalue weighted by Crippen LogP contribution is 2.26. The van der Waals surface area contributed by atoms with Crippen LogP contribution in [-0.2, 0) is 10.8 Å². The fraction of sp³-hybridized carbons (Fsp3) is 0.462. The molecule has 9 heteroatoms. The Morgan fingerprint density at radius 2 is 1.91 bits per heavy atom. The van der Waals surface area contributed by atoms with E-state index in [2.05, 4.69) is 10.6 Å². The van der Waals surface area contributed by atoms with Crippen molar-refractivity contribution in [3.05, 3.63) is 24.3 Å². The Kier molecular flexibility index (Phi) is 6.82. The van der Waals surface area contributed by atoms with Crippen LogP contribution in [0.5, 0.6) is 0 Å². The number of amides is 2. The number of urea groups is 1. The maximum Gasteiger partial charge on any atom is 0.475 e. The molecule has 0 aliphatic carbocycles. The van der Waals surface area contributed by atoms with E-state index in [-0.39, 0.29) is 23.2 Å². The summed E-state index contributed by atoms with van der Waals surface area (Å²) in [4.78, 5) is 11.3. The molecule has 124 valence electrons. The number of alkyl halides is 3. The molecule has 3 N–H and O–H groups in total. The molecule has 1 aromatic carbocycles. The number of hydrogen-bond donors (Lipinski definition) is 3. The largest absolute Gasteiger partial charge is 0.475 e. The average Bonchev–Trinajstić information content (AvgIpc) is 2.44. The lowest BCUT2D eigenvalue weighted by Gasteiger charge is -2.14. The first-order valence-corrected chi connectivity index (χ1v) is 7.66. The summed E-state index contributed by atoms with van der Waals surface area (Å²) in [5, 5.41) is 13.8. The van der Waals surface area contributed by atoms with Gasteiger partial charge in [-0.2, -0.15) is 13.2 Å². The average molecular weight is 338 g/mol. The van der Waals surface area contributed by atoms with E-state index in [1.807, 2.05) is 0 Å². The Hall–Kier alpha value is -1.61. The summed E-state index contributed by atoms with van der Waals surface area (Å²) < 4.78 is 48.0. The second-order valence-electron chi connectivity index (χ2n) is 4.60. The molecule has 0 saturated heterocycles. The molecular weight excluding hydrogens is 321 g/mol. The molecule has 2 unspecified atom stereocenters. The molecular formula is C13H17F3N2O3S. The third kappa shape index (κ3) is 6.02. The Balaban J connectivity index is 2.57. The van der Waals surface area contributed by atoms with Gasteiger partial charge in [-0.05, 0) is 44.0 Å². The van der Waals surface area contributed by atoms with Crippen LogP contribution in [-0.4, -0.2) is 33.5 Å². The highest BCUT2D eigenvalue weighted by atomic mass is 32.2. The van der Waals surface area contributed by atoms with Gasteiger partial charge in [0.2, 0.25) is 0 Å². The second kappa shape index (κ2) is 8.14. The van der Waals surface area contributed by atoms with E-state index in [1.54, 1.807) is 6.92 Å². The number of rotatable bonds is 6. The van der Waals surface area contributed by atoms with Crippen molar-refractivity contribution >= 4 is 22.5 Å². The summed E-state index contributed by atoms with van der Waals surface area (Å²) in [6.45, 7) is 1.80. The maximum atomic E-state index is 12.3. The van der Waals surface area contributed by atoms with Gasteiger partial charge < -0.3 is 15.7 Å². The molecule has 0 aliphatic rings. The predicted molar refractivity (Wildman–Crippen MR) is 76.8 cm³/mol. The smallest absolute Gasteiger partial charge is 0.396 e. The van der Waals surface area contributed by atoms with Crippen LogP contribution in [0.15, 0.2) is 29.2 Å². The second-order valence-corrected chi connectivity index (χ2v) is 6.08. The molecule has 1 aromatic rings. The first-order chi connectivity index (χ1) is 10.2. The van der Waals surface area contributed by atoms with Gasteiger partial charge in [-0.3, -0.25) is 0 Å². The number of halogens is 3. The first-order valence-electron chi connectivity index (χ1n) is 6.51. The minimum Gasteiger partial charge on any atom is -0.396 e. The van der Waals surface area contributed by atoms with Crippen molar-refractivity contribution in [2.75, 3.05) is 11.9 Å². The molecule has 0 saturated carbocycles. The first kappa shape index (κ1) is 18.4. The molecule has 0 aliphatic heterocycles. The molecule has 0 spiro atoms. The number of carbonyl (C=O) groups excluding carboxylic acids is 1. The molecule has 0 bridgehead atoms. The summed E-state index contributed by atoms with van der Waals surface area (Å²) in [5.41, 5.74) is -4.52. The number of aliphatic hydroxyl groups is 1. The zero-order chi connectivity index (χ0) is 16.8. The molecule has 0 radical (unpaired) electrons. The minimum absolute atomic E-state index is 0.0332. The normalized spacial score (nSPS) is 14.2. The third-order valence-electron chi connectivity index (χ3n) is 2.71. The Morgan fingerprint density at radius 1 is 1.32 bits per heavy atom. The van der Waals surface area contributed by atoms with Gasteiger partial charge in [-0.25, -0.2) is 9.00 Å². The Bertz CT molecular complexity index is 520. The standard InChI is InChI=1S/C13H17F3N2O3S/c1-9(3-2-8-19)17-12(20)18-10-4-6-11(7-5-10)22(21)13(14,15)16/h4-7,9,19H,2-3,8H2,1H3,(H2,17,18,20). The number of nitrogens with one attached hydrogen (secondary N) is 2. The molecule has 0 aromatic heterocycles. The predicted octanol–water partition coefficient (Wildman–Crippen LogP) is 2.60. The van der Waals surface area contributed by atoms with Crippen LogP contribution in [0.1, 0.15) is 19.8 Å². The van der Waals surface area contributed by atoms with Gasteiger partial charge in [0, 0.05) is 23.2 Å². The van der Waals surface area contributed by atoms with Crippen LogP contribution >= 0.6 is 0 Å². The number of anilines is 1. The van der Waals surface area contributed by atoms with Gasteiger partial charge in [-0.1, -0.05) is 0 Å². The van der Waals surface area contributed by atoms with E-state index in [1.165, 1.54) is 12.1 Å². The van der Waals surface area contributed by atoms with Crippen molar-refractivity contribution in [2.24, 2.45) is 0 Å². The molecule has 0 fully saturated rings. The van der Waals surface area contributed by atoms with Gasteiger partial charge in [0.25, 0.3) is 0 Å². The van der Waals surface area contributed by atoms with Crippen molar-refractivity contribution in [1.29, 1.82) is 0 Å². The fourth-order valence-electron chi connectivity index (χ4n) is 1.66. The van der Waals surface area contributed by atoms with Crippen LogP contribution in [0.4, 0.5) is 23.7 Å². The van der Waals surface area contributed by atoms with Crippen LogP contribution < -0.4 is 10.6 Å². The monoisotopic (exact) mass is 338 g/mol. The zero-order valence-electron chi connectivity index (χ0n) is 11.8. The van der Waals surface area contributed by atoms with Crippen LogP contribution in [0.3, 0.4) is 0 Å². The zero-order valence-corrected chi connectivity index (χ0v) is 12.6. The van der Waals surface area contributed by atoms with Gasteiger partial charge in [0.05, 0.1) is 0 Å². The lowest BCUT2D eigenvalue weighted by Crippen LogP contribution is -2.36. The van der Waals surface area contributed by atoms with E-state index in [0.29, 0.717) is 12.8 Å². The van der Waals surface area contributed by atoms with E-state index >= 15 is 0 Å². The van der Waals surface area contributed by atoms with Crippen molar-refractivity contribution in [3.8, 4) is 0 Å². The minimum atomic E-state index is -4.81. The topological polar surface area (TPSA) is 78.4 Å². The van der Waals surface area contributed by atoms with E-state index in [9.17, 15) is 22.2 Å². The highest BCUT2D eigenvalue weighted by Gasteiger charge is 2.37. The van der Waals surface area contributed by atoms with E-state index < -0.39 is 22.3 Å². The SMILES string of the molecule is CC(CCCO)NC(=O)Nc1ccc(S(=O)C(F)(F)F)cc1. The molecule has 22 heavy (non-hydrogen) atoms. The molecule has 0 heterocycles. The lowest BCUT2D eigenvalue weighted by atomic mass is 10.2. The van der Waals surface area contributed by atoms with Crippen molar-refractivity contribution < 1.29 is 27.3 Å². The summed E-state index contributed by atoms with van der Waals surface area (Å²) in [7, 11) is -3.09. The molecule has 1 rings (SSSR count). The lowest BCUT2D eigenvalue weighted by molar-refractivity contribution is -0.0384. The number of aliphatic hydroxyl groups excluding tert-OH is 1. The molecule has 2 atom stereocenters. The fourth-order valence-corrected chi connectivity index (χ4v) is 2.31. The van der Waals surface area contributed by atoms with Crippen LogP contribution in [0.25, 0.3) is 0 Å². The van der Waals surface area contributed by atoms with Gasteiger partial charge in [0.15, 0.2) is 10.8 Å². The number of hydrogen-bond acceptors (Lipinski definition) is 3.